The molecule has 0 aliphatic carbocycles. The highest BCUT2D eigenvalue weighted by atomic mass is 15.1. The molecule has 0 amide bonds. The van der Waals surface area contributed by atoms with E-state index in [1.54, 1.807) is 6.20 Å². The quantitative estimate of drug-likeness (QED) is 0.218. The number of benzene rings is 5. The molecule has 0 radical (unpaired) electrons. The van der Waals surface area contributed by atoms with E-state index >= 15 is 0 Å². The van der Waals surface area contributed by atoms with E-state index in [-0.39, 0.29) is 0 Å². The molecule has 0 fully saturated rings. The van der Waals surface area contributed by atoms with Gasteiger partial charge in [-0.25, -0.2) is 15.0 Å². The highest BCUT2D eigenvalue weighted by Crippen LogP contribution is 2.32. The zero-order valence-corrected chi connectivity index (χ0v) is 23.2. The number of imidazole rings is 1. The smallest absolute Gasteiger partial charge is 0.255 e. The van der Waals surface area contributed by atoms with Crippen LogP contribution in [0.4, 0.5) is 0 Å². The molecule has 8 rings (SSSR count). The van der Waals surface area contributed by atoms with E-state index < -0.39 is 0 Å². The van der Waals surface area contributed by atoms with Gasteiger partial charge in [0, 0.05) is 11.8 Å². The van der Waals surface area contributed by atoms with E-state index in [4.69, 9.17) is 9.97 Å². The summed E-state index contributed by atoms with van der Waals surface area (Å²) in [4.78, 5) is 18.4. The van der Waals surface area contributed by atoms with Crippen molar-refractivity contribution in [1.29, 1.82) is 0 Å². The Morgan fingerprint density at radius 2 is 1.16 bits per heavy atom. The number of aromatic amines is 1. The molecule has 0 saturated heterocycles. The number of hydrogen-bond donors (Lipinski definition) is 1. The van der Waals surface area contributed by atoms with E-state index in [9.17, 15) is 0 Å². The molecule has 202 valence electrons. The predicted molar refractivity (Wildman–Crippen MR) is 172 cm³/mol. The average Bonchev–Trinajstić information content (AvgIpc) is 3.48. The molecule has 0 aliphatic rings. The molecule has 0 bridgehead atoms. The summed E-state index contributed by atoms with van der Waals surface area (Å²) in [6.45, 7) is 0. The Hall–Kier alpha value is -5.94. The zero-order valence-electron chi connectivity index (χ0n) is 23.2. The van der Waals surface area contributed by atoms with Crippen LogP contribution in [0.25, 0.3) is 72.9 Å². The molecule has 5 heteroatoms. The number of para-hydroxylation sites is 3. The van der Waals surface area contributed by atoms with Gasteiger partial charge in [-0.15, -0.1) is 0 Å². The summed E-state index contributed by atoms with van der Waals surface area (Å²) in [6.07, 6.45) is 1.79. The van der Waals surface area contributed by atoms with Crippen LogP contribution in [0, 0.1) is 0 Å². The van der Waals surface area contributed by atoms with Crippen LogP contribution in [0.2, 0.25) is 0 Å². The molecule has 43 heavy (non-hydrogen) atoms. The maximum atomic E-state index is 5.11. The molecule has 5 nitrogen and oxygen atoms in total. The topological polar surface area (TPSA) is 58.3 Å². The molecule has 0 unspecified atom stereocenters. The Labute approximate surface area is 248 Å². The van der Waals surface area contributed by atoms with E-state index in [0.717, 1.165) is 72.9 Å². The van der Waals surface area contributed by atoms with Gasteiger partial charge in [0.25, 0.3) is 5.82 Å². The molecular weight excluding hydrogens is 526 g/mol. The van der Waals surface area contributed by atoms with Crippen LogP contribution in [0.5, 0.6) is 0 Å². The fraction of sp³-hybridized carbons (Fsp3) is 0. The summed E-state index contributed by atoms with van der Waals surface area (Å²) in [5.41, 5.74) is 11.8. The number of aromatic nitrogens is 5. The normalized spacial score (nSPS) is 11.3. The SMILES string of the molecule is c1ccc(-c2nc3ccc(-c4ccc(-c5[nH]c6ccccc6[n+]5-c5ccccc5)cc4)cc3nc2-c2ccccn2)cc1. The lowest BCUT2D eigenvalue weighted by molar-refractivity contribution is -0.554. The van der Waals surface area contributed by atoms with Crippen LogP contribution in [-0.4, -0.2) is 19.9 Å². The number of nitrogens with zero attached hydrogens (tertiary/aromatic N) is 4. The molecule has 0 saturated carbocycles. The lowest BCUT2D eigenvalue weighted by atomic mass is 10.0. The minimum atomic E-state index is 0.774. The van der Waals surface area contributed by atoms with Crippen molar-refractivity contribution in [1.82, 2.24) is 19.9 Å². The van der Waals surface area contributed by atoms with Gasteiger partial charge in [0.2, 0.25) is 0 Å². The van der Waals surface area contributed by atoms with Gasteiger partial charge >= 0.3 is 0 Å². The predicted octanol–water partition coefficient (Wildman–Crippen LogP) is 8.45. The highest BCUT2D eigenvalue weighted by molar-refractivity contribution is 5.88. The van der Waals surface area contributed by atoms with Crippen molar-refractivity contribution in [3.63, 3.8) is 0 Å². The van der Waals surface area contributed by atoms with Crippen molar-refractivity contribution in [2.75, 3.05) is 0 Å². The van der Waals surface area contributed by atoms with Gasteiger partial charge in [0.15, 0.2) is 11.0 Å². The van der Waals surface area contributed by atoms with Crippen molar-refractivity contribution in [2.24, 2.45) is 0 Å². The number of hydrogen-bond acceptors (Lipinski definition) is 3. The van der Waals surface area contributed by atoms with Gasteiger partial charge in [0.1, 0.15) is 11.4 Å². The summed E-state index contributed by atoms with van der Waals surface area (Å²) < 4.78 is 2.28. The molecule has 0 spiro atoms. The van der Waals surface area contributed by atoms with Crippen LogP contribution in [0.15, 0.2) is 152 Å². The van der Waals surface area contributed by atoms with Crippen molar-refractivity contribution in [2.45, 2.75) is 0 Å². The van der Waals surface area contributed by atoms with Crippen LogP contribution < -0.4 is 4.57 Å². The van der Waals surface area contributed by atoms with E-state index in [1.807, 2.05) is 42.5 Å². The molecule has 3 heterocycles. The number of fused-ring (bicyclic) bond motifs is 2. The second-order valence-electron chi connectivity index (χ2n) is 10.4. The monoisotopic (exact) mass is 552 g/mol. The molecular formula is C38H26N5+. The summed E-state index contributed by atoms with van der Waals surface area (Å²) >= 11 is 0. The van der Waals surface area contributed by atoms with E-state index in [0.29, 0.717) is 0 Å². The largest absolute Gasteiger partial charge is 0.292 e. The number of rotatable bonds is 5. The lowest BCUT2D eigenvalue weighted by Gasteiger charge is -2.11. The summed E-state index contributed by atoms with van der Waals surface area (Å²) in [5.74, 6) is 1.04. The maximum Gasteiger partial charge on any atom is 0.292 e. The Morgan fingerprint density at radius 3 is 1.95 bits per heavy atom. The van der Waals surface area contributed by atoms with E-state index in [2.05, 4.69) is 118 Å². The third-order valence-electron chi connectivity index (χ3n) is 7.75. The Balaban J connectivity index is 1.21. The second kappa shape index (κ2) is 10.5. The van der Waals surface area contributed by atoms with Gasteiger partial charge in [-0.05, 0) is 71.8 Å². The second-order valence-corrected chi connectivity index (χ2v) is 10.4. The van der Waals surface area contributed by atoms with Crippen LogP contribution >= 0.6 is 0 Å². The zero-order chi connectivity index (χ0) is 28.6. The average molecular weight is 553 g/mol. The molecule has 0 atom stereocenters. The van der Waals surface area contributed by atoms with Gasteiger partial charge in [0.05, 0.1) is 28.0 Å². The maximum absolute atomic E-state index is 5.11. The molecule has 5 aromatic carbocycles. The van der Waals surface area contributed by atoms with Gasteiger partial charge in [-0.3, -0.25) is 4.98 Å². The summed E-state index contributed by atoms with van der Waals surface area (Å²) in [6, 6.07) is 49.9. The first-order valence-electron chi connectivity index (χ1n) is 14.3. The fourth-order valence-corrected chi connectivity index (χ4v) is 5.66. The molecule has 0 aliphatic heterocycles. The van der Waals surface area contributed by atoms with Crippen molar-refractivity contribution >= 4 is 22.1 Å². The standard InChI is InChI=1S/C38H25N5/c1-3-11-27(12-4-1)36-37(33-16-9-10-24-39-33)41-34-25-29(22-23-31(34)40-36)26-18-20-28(21-19-26)38-42-32-15-7-8-17-35(32)43(38)30-13-5-2-6-14-30/h1-25H/p+1. The molecule has 3 aromatic heterocycles. The third-order valence-corrected chi connectivity index (χ3v) is 7.75. The first-order valence-corrected chi connectivity index (χ1v) is 14.3. The Kier molecular flexibility index (Phi) is 6.05. The summed E-state index contributed by atoms with van der Waals surface area (Å²) in [5, 5.41) is 0. The fourth-order valence-electron chi connectivity index (χ4n) is 5.66. The molecule has 8 aromatic rings. The van der Waals surface area contributed by atoms with Gasteiger partial charge in [-0.1, -0.05) is 84.9 Å². The van der Waals surface area contributed by atoms with Crippen LogP contribution in [0.1, 0.15) is 0 Å². The Bertz CT molecular complexity index is 2210. The van der Waals surface area contributed by atoms with Crippen molar-refractivity contribution < 1.29 is 4.57 Å². The van der Waals surface area contributed by atoms with Crippen molar-refractivity contribution in [3.05, 3.63) is 152 Å². The first-order chi connectivity index (χ1) is 21.3. The first kappa shape index (κ1) is 24.8. The third kappa shape index (κ3) is 4.53. The minimum absolute atomic E-state index is 0.774. The number of nitrogens with one attached hydrogen (secondary N) is 1. The molecule has 1 N–H and O–H groups in total. The lowest BCUT2D eigenvalue weighted by Crippen LogP contribution is -2.31. The minimum Gasteiger partial charge on any atom is -0.255 e. The highest BCUT2D eigenvalue weighted by Gasteiger charge is 2.22. The van der Waals surface area contributed by atoms with Crippen LogP contribution in [-0.2, 0) is 0 Å². The summed E-state index contributed by atoms with van der Waals surface area (Å²) in [7, 11) is 0. The number of pyridine rings is 1. The van der Waals surface area contributed by atoms with Crippen molar-refractivity contribution in [3.8, 4) is 50.8 Å². The van der Waals surface area contributed by atoms with E-state index in [1.165, 1.54) is 0 Å². The Morgan fingerprint density at radius 1 is 0.488 bits per heavy atom. The van der Waals surface area contributed by atoms with Gasteiger partial charge < -0.3 is 0 Å². The van der Waals surface area contributed by atoms with Crippen LogP contribution in [0.3, 0.4) is 0 Å². The van der Waals surface area contributed by atoms with Gasteiger partial charge in [-0.2, -0.15) is 4.57 Å². The number of H-pyrrole nitrogens is 1.